The number of carboxylic acids is 1. The van der Waals surface area contributed by atoms with Crippen LogP contribution in [0.2, 0.25) is 10.0 Å². The lowest BCUT2D eigenvalue weighted by Crippen LogP contribution is -1.87. The Morgan fingerprint density at radius 3 is 2.57 bits per heavy atom. The molecule has 1 aromatic rings. The van der Waals surface area contributed by atoms with Gasteiger partial charge in [-0.2, -0.15) is 0 Å². The molecule has 5 heteroatoms. The fourth-order valence-electron chi connectivity index (χ4n) is 0.831. The third-order valence-corrected chi connectivity index (χ3v) is 3.58. The molecule has 0 saturated heterocycles. The lowest BCUT2D eigenvalue weighted by Gasteiger charge is -2.02. The highest BCUT2D eigenvalue weighted by Crippen LogP contribution is 2.31. The lowest BCUT2D eigenvalue weighted by molar-refractivity contribution is -0.131. The molecule has 0 spiro atoms. The predicted molar refractivity (Wildman–Crippen MR) is 65.8 cm³/mol. The molecule has 0 aliphatic carbocycles. The number of aliphatic carboxylic acids is 1. The van der Waals surface area contributed by atoms with E-state index in [9.17, 15) is 4.79 Å². The summed E-state index contributed by atoms with van der Waals surface area (Å²) in [5, 5.41) is 9.24. The van der Waals surface area contributed by atoms with Crippen molar-refractivity contribution in [3.63, 3.8) is 0 Å². The minimum Gasteiger partial charge on any atom is -0.478 e. The van der Waals surface area contributed by atoms with Gasteiger partial charge in [-0.15, -0.1) is 0 Å². The van der Waals surface area contributed by atoms with E-state index in [4.69, 9.17) is 28.3 Å². The highest BCUT2D eigenvalue weighted by atomic mass is 127. The molecule has 0 aliphatic heterocycles. The second kappa shape index (κ2) is 5.00. The van der Waals surface area contributed by atoms with Gasteiger partial charge < -0.3 is 5.11 Å². The molecule has 0 aromatic heterocycles. The molecule has 74 valence electrons. The van der Waals surface area contributed by atoms with Gasteiger partial charge in [-0.1, -0.05) is 29.3 Å². The number of rotatable bonds is 2. The van der Waals surface area contributed by atoms with Crippen molar-refractivity contribution in [2.45, 2.75) is 0 Å². The minimum absolute atomic E-state index is 0.371. The second-order valence-electron chi connectivity index (χ2n) is 2.44. The average Bonchev–Trinajstić information content (AvgIpc) is 2.13. The van der Waals surface area contributed by atoms with Crippen LogP contribution >= 0.6 is 45.8 Å². The van der Waals surface area contributed by atoms with Crippen LogP contribution in [0.1, 0.15) is 5.56 Å². The summed E-state index contributed by atoms with van der Waals surface area (Å²) in [6.45, 7) is 0. The number of carbonyl (C=O) groups is 1. The van der Waals surface area contributed by atoms with Gasteiger partial charge in [0.2, 0.25) is 0 Å². The zero-order chi connectivity index (χ0) is 10.7. The van der Waals surface area contributed by atoms with Gasteiger partial charge in [0.15, 0.2) is 0 Å². The first kappa shape index (κ1) is 11.8. The number of benzene rings is 1. The zero-order valence-corrected chi connectivity index (χ0v) is 10.5. The molecule has 0 aliphatic rings. The normalized spacial score (nSPS) is 10.8. The summed E-state index contributed by atoms with van der Waals surface area (Å²) in [7, 11) is 0. The molecule has 0 heterocycles. The van der Waals surface area contributed by atoms with Crippen molar-refractivity contribution in [3.8, 4) is 0 Å². The van der Waals surface area contributed by atoms with Crippen LogP contribution in [0.15, 0.2) is 18.2 Å². The maximum atomic E-state index is 10.3. The molecule has 0 fully saturated rings. The van der Waals surface area contributed by atoms with Crippen LogP contribution in [-0.2, 0) is 4.79 Å². The van der Waals surface area contributed by atoms with Crippen LogP contribution in [-0.4, -0.2) is 11.1 Å². The molecule has 1 rings (SSSR count). The lowest BCUT2D eigenvalue weighted by atomic mass is 10.2. The van der Waals surface area contributed by atoms with Crippen molar-refractivity contribution in [3.05, 3.63) is 37.4 Å². The van der Waals surface area contributed by atoms with Crippen molar-refractivity contribution >= 4 is 57.8 Å². The Morgan fingerprint density at radius 2 is 2.00 bits per heavy atom. The molecule has 1 N–H and O–H groups in total. The van der Waals surface area contributed by atoms with Crippen LogP contribution < -0.4 is 0 Å². The van der Waals surface area contributed by atoms with E-state index in [1.165, 1.54) is 6.08 Å². The largest absolute Gasteiger partial charge is 0.478 e. The molecule has 0 unspecified atom stereocenters. The molecular weight excluding hydrogens is 338 g/mol. The fourth-order valence-corrected chi connectivity index (χ4v) is 1.84. The standard InChI is InChI=1S/C9H5Cl2IO2/c10-8-5(2-4-7(13)14)1-3-6(12)9(8)11/h1-4H,(H,13,14)/b4-2+. The van der Waals surface area contributed by atoms with E-state index in [0.717, 1.165) is 9.65 Å². The number of hydrogen-bond donors (Lipinski definition) is 1. The molecule has 0 amide bonds. The van der Waals surface area contributed by atoms with Gasteiger partial charge in [-0.05, 0) is 40.3 Å². The first-order chi connectivity index (χ1) is 6.52. The van der Waals surface area contributed by atoms with Crippen LogP contribution in [0.3, 0.4) is 0 Å². The van der Waals surface area contributed by atoms with Crippen LogP contribution in [0.4, 0.5) is 0 Å². The maximum absolute atomic E-state index is 10.3. The monoisotopic (exact) mass is 342 g/mol. The number of carboxylic acid groups (broad SMARTS) is 1. The Labute approximate surface area is 105 Å². The maximum Gasteiger partial charge on any atom is 0.328 e. The first-order valence-electron chi connectivity index (χ1n) is 3.57. The van der Waals surface area contributed by atoms with E-state index in [0.29, 0.717) is 15.6 Å². The van der Waals surface area contributed by atoms with Gasteiger partial charge in [-0.3, -0.25) is 0 Å². The predicted octanol–water partition coefficient (Wildman–Crippen LogP) is 3.70. The summed E-state index contributed by atoms with van der Waals surface area (Å²) < 4.78 is 0.835. The van der Waals surface area contributed by atoms with E-state index in [1.807, 2.05) is 0 Å². The molecule has 0 radical (unpaired) electrons. The van der Waals surface area contributed by atoms with Crippen molar-refractivity contribution in [1.82, 2.24) is 0 Å². The SMILES string of the molecule is O=C(O)/C=C/c1ccc(I)c(Cl)c1Cl. The third kappa shape index (κ3) is 2.87. The van der Waals surface area contributed by atoms with Crippen molar-refractivity contribution < 1.29 is 9.90 Å². The quantitative estimate of drug-likeness (QED) is 0.505. The highest BCUT2D eigenvalue weighted by Gasteiger charge is 2.05. The smallest absolute Gasteiger partial charge is 0.328 e. The van der Waals surface area contributed by atoms with Gasteiger partial charge in [0.05, 0.1) is 10.0 Å². The van der Waals surface area contributed by atoms with Gasteiger partial charge >= 0.3 is 5.97 Å². The Bertz CT molecular complexity index is 402. The van der Waals surface area contributed by atoms with E-state index in [1.54, 1.807) is 12.1 Å². The second-order valence-corrected chi connectivity index (χ2v) is 4.35. The van der Waals surface area contributed by atoms with Crippen LogP contribution in [0.5, 0.6) is 0 Å². The third-order valence-electron chi connectivity index (χ3n) is 1.47. The molecule has 0 atom stereocenters. The molecule has 14 heavy (non-hydrogen) atoms. The first-order valence-corrected chi connectivity index (χ1v) is 5.40. The van der Waals surface area contributed by atoms with Crippen molar-refractivity contribution in [2.24, 2.45) is 0 Å². The summed E-state index contributed by atoms with van der Waals surface area (Å²) in [4.78, 5) is 10.3. The van der Waals surface area contributed by atoms with E-state index in [2.05, 4.69) is 22.6 Å². The summed E-state index contributed by atoms with van der Waals surface area (Å²) in [5.41, 5.74) is 0.597. The van der Waals surface area contributed by atoms with Gasteiger partial charge in [-0.25, -0.2) is 4.79 Å². The molecule has 0 saturated carbocycles. The average molecular weight is 343 g/mol. The minimum atomic E-state index is -1.02. The number of halogens is 3. The van der Waals surface area contributed by atoms with E-state index >= 15 is 0 Å². The van der Waals surface area contributed by atoms with Gasteiger partial charge in [0, 0.05) is 9.65 Å². The Balaban J connectivity index is 3.12. The van der Waals surface area contributed by atoms with Crippen LogP contribution in [0.25, 0.3) is 6.08 Å². The topological polar surface area (TPSA) is 37.3 Å². The Kier molecular flexibility index (Phi) is 4.22. The molecular formula is C9H5Cl2IO2. The summed E-state index contributed by atoms with van der Waals surface area (Å²) in [6.07, 6.45) is 2.43. The fraction of sp³-hybridized carbons (Fsp3) is 0. The summed E-state index contributed by atoms with van der Waals surface area (Å²) in [6, 6.07) is 3.49. The summed E-state index contributed by atoms with van der Waals surface area (Å²) in [5.74, 6) is -1.02. The van der Waals surface area contributed by atoms with Crippen LogP contribution in [0, 0.1) is 3.57 Å². The highest BCUT2D eigenvalue weighted by molar-refractivity contribution is 14.1. The zero-order valence-electron chi connectivity index (χ0n) is 6.80. The van der Waals surface area contributed by atoms with E-state index < -0.39 is 5.97 Å². The molecule has 0 bridgehead atoms. The molecule has 2 nitrogen and oxygen atoms in total. The van der Waals surface area contributed by atoms with Crippen molar-refractivity contribution in [1.29, 1.82) is 0 Å². The van der Waals surface area contributed by atoms with Gasteiger partial charge in [0.1, 0.15) is 0 Å². The Hall–Kier alpha value is -0.260. The van der Waals surface area contributed by atoms with E-state index in [-0.39, 0.29) is 0 Å². The number of hydrogen-bond acceptors (Lipinski definition) is 1. The van der Waals surface area contributed by atoms with Crippen molar-refractivity contribution in [2.75, 3.05) is 0 Å². The summed E-state index contributed by atoms with van der Waals surface area (Å²) >= 11 is 13.8. The Morgan fingerprint density at radius 1 is 1.36 bits per heavy atom. The molecule has 1 aromatic carbocycles. The van der Waals surface area contributed by atoms with Gasteiger partial charge in [0.25, 0.3) is 0 Å².